The van der Waals surface area contributed by atoms with Crippen molar-refractivity contribution < 1.29 is 18.3 Å². The second-order valence-electron chi connectivity index (χ2n) is 5.84. The molecule has 24 heavy (non-hydrogen) atoms. The molecule has 128 valence electrons. The third-order valence-electron chi connectivity index (χ3n) is 3.72. The molecule has 5 nitrogen and oxygen atoms in total. The summed E-state index contributed by atoms with van der Waals surface area (Å²) in [6, 6.07) is 13.5. The lowest BCUT2D eigenvalue weighted by atomic mass is 10.2. The number of carboxylic acids is 1. The predicted octanol–water partition coefficient (Wildman–Crippen LogP) is 2.73. The van der Waals surface area contributed by atoms with E-state index < -0.39 is 15.8 Å². The van der Waals surface area contributed by atoms with Crippen molar-refractivity contribution in [1.82, 2.24) is 4.90 Å². The van der Waals surface area contributed by atoms with Gasteiger partial charge in [-0.05, 0) is 43.8 Å². The van der Waals surface area contributed by atoms with Crippen molar-refractivity contribution in [2.75, 3.05) is 13.6 Å². The molecule has 2 aromatic rings. The van der Waals surface area contributed by atoms with Gasteiger partial charge in [-0.1, -0.05) is 29.8 Å². The number of carboxylic acid groups (broad SMARTS) is 1. The first-order chi connectivity index (χ1) is 11.3. The zero-order chi connectivity index (χ0) is 17.7. The Labute approximate surface area is 142 Å². The summed E-state index contributed by atoms with van der Waals surface area (Å²) in [6.45, 7) is 2.92. The van der Waals surface area contributed by atoms with Crippen LogP contribution in [0.2, 0.25) is 0 Å². The molecule has 0 atom stereocenters. The molecule has 0 saturated carbocycles. The van der Waals surface area contributed by atoms with Crippen molar-refractivity contribution >= 4 is 15.8 Å². The van der Waals surface area contributed by atoms with E-state index >= 15 is 0 Å². The minimum atomic E-state index is -3.51. The molecule has 2 rings (SSSR count). The Balaban J connectivity index is 2.11. The van der Waals surface area contributed by atoms with Gasteiger partial charge in [0.2, 0.25) is 9.84 Å². The summed E-state index contributed by atoms with van der Waals surface area (Å²) in [7, 11) is -1.68. The van der Waals surface area contributed by atoms with Crippen LogP contribution in [0.1, 0.15) is 17.5 Å². The number of aliphatic carboxylic acids is 1. The van der Waals surface area contributed by atoms with Crippen LogP contribution in [0.3, 0.4) is 0 Å². The maximum absolute atomic E-state index is 12.6. The van der Waals surface area contributed by atoms with Gasteiger partial charge in [-0.25, -0.2) is 8.42 Å². The second-order valence-corrected chi connectivity index (χ2v) is 7.79. The number of rotatable bonds is 7. The van der Waals surface area contributed by atoms with Gasteiger partial charge in [0, 0.05) is 13.1 Å². The van der Waals surface area contributed by atoms with Crippen LogP contribution >= 0.6 is 0 Å². The molecular weight excluding hydrogens is 326 g/mol. The summed E-state index contributed by atoms with van der Waals surface area (Å²) in [5, 5.41) is 8.69. The van der Waals surface area contributed by atoms with E-state index in [4.69, 9.17) is 5.11 Å². The lowest BCUT2D eigenvalue weighted by Crippen LogP contribution is -2.21. The van der Waals surface area contributed by atoms with Crippen molar-refractivity contribution in [3.05, 3.63) is 59.7 Å². The van der Waals surface area contributed by atoms with Gasteiger partial charge in [-0.3, -0.25) is 4.79 Å². The van der Waals surface area contributed by atoms with Crippen LogP contribution in [0.25, 0.3) is 0 Å². The van der Waals surface area contributed by atoms with Crippen LogP contribution in [0, 0.1) is 6.92 Å². The summed E-state index contributed by atoms with van der Waals surface area (Å²) in [4.78, 5) is 13.0. The highest BCUT2D eigenvalue weighted by Gasteiger charge is 2.17. The first-order valence-corrected chi connectivity index (χ1v) is 9.08. The third-order valence-corrected chi connectivity index (χ3v) is 5.51. The monoisotopic (exact) mass is 347 g/mol. The van der Waals surface area contributed by atoms with Crippen LogP contribution in [0.5, 0.6) is 0 Å². The highest BCUT2D eigenvalue weighted by Crippen LogP contribution is 2.21. The molecule has 0 aliphatic rings. The molecule has 6 heteroatoms. The average Bonchev–Trinajstić information content (AvgIpc) is 2.54. The van der Waals surface area contributed by atoms with Crippen LogP contribution < -0.4 is 0 Å². The molecule has 0 saturated heterocycles. The van der Waals surface area contributed by atoms with Crippen molar-refractivity contribution in [1.29, 1.82) is 0 Å². The average molecular weight is 347 g/mol. The molecule has 0 bridgehead atoms. The molecule has 0 spiro atoms. The summed E-state index contributed by atoms with van der Waals surface area (Å²) in [5.41, 5.74) is 1.94. The largest absolute Gasteiger partial charge is 0.481 e. The summed E-state index contributed by atoms with van der Waals surface area (Å²) >= 11 is 0. The van der Waals surface area contributed by atoms with Gasteiger partial charge < -0.3 is 10.0 Å². The number of aryl methyl sites for hydroxylation is 1. The van der Waals surface area contributed by atoms with Crippen LogP contribution in [-0.2, 0) is 21.2 Å². The van der Waals surface area contributed by atoms with Crippen LogP contribution in [0.15, 0.2) is 58.3 Å². The van der Waals surface area contributed by atoms with Crippen molar-refractivity contribution in [2.24, 2.45) is 0 Å². The topological polar surface area (TPSA) is 74.7 Å². The molecular formula is C18H21NO4S. The summed E-state index contributed by atoms with van der Waals surface area (Å²) in [6.07, 6.45) is 0.0797. The molecule has 2 aromatic carbocycles. The standard InChI is InChI=1S/C18H21NO4S/c1-14-3-7-16(8-4-14)24(22,23)17-9-5-15(6-10-17)13-19(2)12-11-18(20)21/h3-10H,11-13H2,1-2H3,(H,20,21). The van der Waals surface area contributed by atoms with Crippen LogP contribution in [0.4, 0.5) is 0 Å². The zero-order valence-electron chi connectivity index (χ0n) is 13.8. The minimum absolute atomic E-state index is 0.0797. The van der Waals surface area contributed by atoms with Gasteiger partial charge in [0.25, 0.3) is 0 Å². The van der Waals surface area contributed by atoms with E-state index in [0.717, 1.165) is 11.1 Å². The van der Waals surface area contributed by atoms with Gasteiger partial charge in [0.15, 0.2) is 0 Å². The Morgan fingerprint density at radius 2 is 1.50 bits per heavy atom. The fraction of sp³-hybridized carbons (Fsp3) is 0.278. The normalized spacial score (nSPS) is 11.6. The third kappa shape index (κ3) is 4.66. The quantitative estimate of drug-likeness (QED) is 0.833. The fourth-order valence-corrected chi connectivity index (χ4v) is 3.57. The molecule has 0 fully saturated rings. The van der Waals surface area contributed by atoms with E-state index in [-0.39, 0.29) is 16.2 Å². The Kier molecular flexibility index (Phi) is 5.75. The second kappa shape index (κ2) is 7.59. The Morgan fingerprint density at radius 1 is 1.00 bits per heavy atom. The minimum Gasteiger partial charge on any atom is -0.481 e. The predicted molar refractivity (Wildman–Crippen MR) is 91.7 cm³/mol. The molecule has 0 aromatic heterocycles. The maximum atomic E-state index is 12.6. The van der Waals surface area contributed by atoms with E-state index in [0.29, 0.717) is 13.1 Å². The zero-order valence-corrected chi connectivity index (χ0v) is 14.6. The lowest BCUT2D eigenvalue weighted by molar-refractivity contribution is -0.137. The van der Waals surface area contributed by atoms with Gasteiger partial charge >= 0.3 is 5.97 Å². The summed E-state index contributed by atoms with van der Waals surface area (Å²) in [5.74, 6) is -0.832. The number of hydrogen-bond donors (Lipinski definition) is 1. The van der Waals surface area contributed by atoms with E-state index in [2.05, 4.69) is 0 Å². The highest BCUT2D eigenvalue weighted by atomic mass is 32.2. The molecule has 0 radical (unpaired) electrons. The van der Waals surface area contributed by atoms with Crippen molar-refractivity contribution in [3.63, 3.8) is 0 Å². The smallest absolute Gasteiger partial charge is 0.304 e. The fourth-order valence-electron chi connectivity index (χ4n) is 2.30. The van der Waals surface area contributed by atoms with Crippen LogP contribution in [-0.4, -0.2) is 38.0 Å². The maximum Gasteiger partial charge on any atom is 0.304 e. The SMILES string of the molecule is Cc1ccc(S(=O)(=O)c2ccc(CN(C)CCC(=O)O)cc2)cc1. The first kappa shape index (κ1) is 18.2. The molecule has 0 unspecified atom stereocenters. The Hall–Kier alpha value is -2.18. The number of carbonyl (C=O) groups is 1. The van der Waals surface area contributed by atoms with E-state index in [9.17, 15) is 13.2 Å². The van der Waals surface area contributed by atoms with E-state index in [1.54, 1.807) is 48.5 Å². The molecule has 0 aliphatic carbocycles. The van der Waals surface area contributed by atoms with Gasteiger partial charge in [-0.15, -0.1) is 0 Å². The molecule has 0 aliphatic heterocycles. The van der Waals surface area contributed by atoms with Gasteiger partial charge in [-0.2, -0.15) is 0 Å². The lowest BCUT2D eigenvalue weighted by Gasteiger charge is -2.15. The summed E-state index contributed by atoms with van der Waals surface area (Å²) < 4.78 is 25.2. The molecule has 1 N–H and O–H groups in total. The number of nitrogens with zero attached hydrogens (tertiary/aromatic N) is 1. The Morgan fingerprint density at radius 3 is 2.00 bits per heavy atom. The van der Waals surface area contributed by atoms with E-state index in [1.807, 2.05) is 18.9 Å². The molecule has 0 amide bonds. The van der Waals surface area contributed by atoms with Gasteiger partial charge in [0.05, 0.1) is 16.2 Å². The highest BCUT2D eigenvalue weighted by molar-refractivity contribution is 7.91. The number of hydrogen-bond acceptors (Lipinski definition) is 4. The van der Waals surface area contributed by atoms with Crippen molar-refractivity contribution in [3.8, 4) is 0 Å². The Bertz CT molecular complexity index is 796. The molecule has 0 heterocycles. The van der Waals surface area contributed by atoms with Crippen molar-refractivity contribution in [2.45, 2.75) is 29.7 Å². The van der Waals surface area contributed by atoms with E-state index in [1.165, 1.54) is 0 Å². The first-order valence-electron chi connectivity index (χ1n) is 7.60. The number of benzene rings is 2. The van der Waals surface area contributed by atoms with Gasteiger partial charge in [0.1, 0.15) is 0 Å². The number of sulfone groups is 1.